The molecule has 3 unspecified atom stereocenters. The minimum atomic E-state index is -0.181. The molecule has 1 aromatic heterocycles. The van der Waals surface area contributed by atoms with Gasteiger partial charge in [0, 0.05) is 23.9 Å². The van der Waals surface area contributed by atoms with Crippen molar-refractivity contribution in [3.05, 3.63) is 18.2 Å². The Balaban J connectivity index is 1.99. The fourth-order valence-corrected chi connectivity index (χ4v) is 2.29. The van der Waals surface area contributed by atoms with Gasteiger partial charge in [-0.05, 0) is 12.8 Å². The van der Waals surface area contributed by atoms with Gasteiger partial charge in [0.1, 0.15) is 5.82 Å². The van der Waals surface area contributed by atoms with E-state index in [0.717, 1.165) is 18.7 Å². The number of aliphatic hydroxyl groups excluding tert-OH is 1. The highest BCUT2D eigenvalue weighted by molar-refractivity contribution is 5.05. The van der Waals surface area contributed by atoms with Crippen molar-refractivity contribution in [2.24, 2.45) is 5.41 Å². The summed E-state index contributed by atoms with van der Waals surface area (Å²) in [6.45, 7) is 6.35. The summed E-state index contributed by atoms with van der Waals surface area (Å²) < 4.78 is 0. The highest BCUT2D eigenvalue weighted by atomic mass is 16.3. The van der Waals surface area contributed by atoms with Gasteiger partial charge in [-0.1, -0.05) is 20.8 Å². The SMILES string of the molecule is CCC(NC1CC(O)C1(C)C)c1ncc[nH]1. The molecule has 1 aliphatic rings. The van der Waals surface area contributed by atoms with Crippen LogP contribution in [-0.4, -0.2) is 27.2 Å². The Morgan fingerprint density at radius 1 is 1.69 bits per heavy atom. The molecule has 2 rings (SSSR count). The van der Waals surface area contributed by atoms with Crippen LogP contribution in [0.25, 0.3) is 0 Å². The van der Waals surface area contributed by atoms with Crippen LogP contribution in [0.3, 0.4) is 0 Å². The Labute approximate surface area is 96.5 Å². The summed E-state index contributed by atoms with van der Waals surface area (Å²) in [7, 11) is 0. The van der Waals surface area contributed by atoms with E-state index in [9.17, 15) is 5.11 Å². The second-order valence-electron chi connectivity index (χ2n) is 5.23. The molecule has 0 aromatic carbocycles. The molecular formula is C12H21N3O. The normalized spacial score (nSPS) is 29.8. The van der Waals surface area contributed by atoms with Crippen LogP contribution in [0.2, 0.25) is 0 Å². The summed E-state index contributed by atoms with van der Waals surface area (Å²) >= 11 is 0. The number of nitrogens with zero attached hydrogens (tertiary/aromatic N) is 1. The number of hydrogen-bond donors (Lipinski definition) is 3. The number of nitrogens with one attached hydrogen (secondary N) is 2. The van der Waals surface area contributed by atoms with Crippen LogP contribution in [0, 0.1) is 5.41 Å². The Morgan fingerprint density at radius 2 is 2.44 bits per heavy atom. The number of imidazole rings is 1. The van der Waals surface area contributed by atoms with Crippen molar-refractivity contribution in [3.63, 3.8) is 0 Å². The molecule has 1 aromatic rings. The first-order valence-corrected chi connectivity index (χ1v) is 5.99. The minimum Gasteiger partial charge on any atom is -0.392 e. The molecule has 1 fully saturated rings. The maximum Gasteiger partial charge on any atom is 0.123 e. The molecule has 0 bridgehead atoms. The van der Waals surface area contributed by atoms with Gasteiger partial charge in [-0.15, -0.1) is 0 Å². The van der Waals surface area contributed by atoms with Gasteiger partial charge in [0.05, 0.1) is 12.1 Å². The van der Waals surface area contributed by atoms with E-state index in [1.165, 1.54) is 0 Å². The third-order valence-electron chi connectivity index (χ3n) is 3.88. The molecule has 0 radical (unpaired) electrons. The predicted molar refractivity (Wildman–Crippen MR) is 62.9 cm³/mol. The van der Waals surface area contributed by atoms with E-state index < -0.39 is 0 Å². The number of hydrogen-bond acceptors (Lipinski definition) is 3. The van der Waals surface area contributed by atoms with Crippen LogP contribution in [0.5, 0.6) is 0 Å². The van der Waals surface area contributed by atoms with E-state index in [4.69, 9.17) is 0 Å². The Hall–Kier alpha value is -0.870. The van der Waals surface area contributed by atoms with Crippen molar-refractivity contribution in [1.82, 2.24) is 15.3 Å². The lowest BCUT2D eigenvalue weighted by Gasteiger charge is -2.50. The van der Waals surface area contributed by atoms with Gasteiger partial charge in [0.2, 0.25) is 0 Å². The molecule has 4 heteroatoms. The number of aromatic amines is 1. The minimum absolute atomic E-state index is 0.0278. The van der Waals surface area contributed by atoms with E-state index in [0.29, 0.717) is 6.04 Å². The fraction of sp³-hybridized carbons (Fsp3) is 0.750. The van der Waals surface area contributed by atoms with E-state index >= 15 is 0 Å². The zero-order chi connectivity index (χ0) is 11.8. The maximum absolute atomic E-state index is 9.70. The van der Waals surface area contributed by atoms with E-state index in [1.807, 2.05) is 6.20 Å². The first-order valence-electron chi connectivity index (χ1n) is 5.99. The molecule has 16 heavy (non-hydrogen) atoms. The van der Waals surface area contributed by atoms with Crippen molar-refractivity contribution < 1.29 is 5.11 Å². The second-order valence-corrected chi connectivity index (χ2v) is 5.23. The Morgan fingerprint density at radius 3 is 2.88 bits per heavy atom. The average molecular weight is 223 g/mol. The van der Waals surface area contributed by atoms with Crippen molar-refractivity contribution in [1.29, 1.82) is 0 Å². The summed E-state index contributed by atoms with van der Waals surface area (Å²) in [4.78, 5) is 7.43. The second kappa shape index (κ2) is 4.18. The highest BCUT2D eigenvalue weighted by Crippen LogP contribution is 2.41. The third-order valence-corrected chi connectivity index (χ3v) is 3.88. The molecule has 3 atom stereocenters. The van der Waals surface area contributed by atoms with Crippen LogP contribution >= 0.6 is 0 Å². The van der Waals surface area contributed by atoms with Crippen LogP contribution in [0.1, 0.15) is 45.5 Å². The van der Waals surface area contributed by atoms with Gasteiger partial charge in [0.25, 0.3) is 0 Å². The van der Waals surface area contributed by atoms with E-state index in [2.05, 4.69) is 36.1 Å². The lowest BCUT2D eigenvalue weighted by atomic mass is 9.64. The molecule has 0 spiro atoms. The summed E-state index contributed by atoms with van der Waals surface area (Å²) in [5.74, 6) is 0.986. The summed E-state index contributed by atoms with van der Waals surface area (Å²) in [6, 6.07) is 0.629. The molecule has 3 N–H and O–H groups in total. The molecule has 1 saturated carbocycles. The zero-order valence-electron chi connectivity index (χ0n) is 10.2. The van der Waals surface area contributed by atoms with Gasteiger partial charge < -0.3 is 15.4 Å². The lowest BCUT2D eigenvalue weighted by Crippen LogP contribution is -2.60. The Bertz CT molecular complexity index is 334. The van der Waals surface area contributed by atoms with Gasteiger partial charge in [-0.25, -0.2) is 4.98 Å². The number of aliphatic hydroxyl groups is 1. The van der Waals surface area contributed by atoms with E-state index in [1.54, 1.807) is 6.20 Å². The van der Waals surface area contributed by atoms with Gasteiger partial charge in [-0.3, -0.25) is 0 Å². The van der Waals surface area contributed by atoms with Gasteiger partial charge in [0.15, 0.2) is 0 Å². The number of H-pyrrole nitrogens is 1. The van der Waals surface area contributed by atoms with Crippen molar-refractivity contribution >= 4 is 0 Å². The maximum atomic E-state index is 9.70. The third kappa shape index (κ3) is 1.87. The first-order chi connectivity index (χ1) is 7.55. The van der Waals surface area contributed by atoms with Crippen LogP contribution in [0.15, 0.2) is 12.4 Å². The van der Waals surface area contributed by atoms with Crippen molar-refractivity contribution in [2.45, 2.75) is 51.8 Å². The number of aromatic nitrogens is 2. The molecular weight excluding hydrogens is 202 g/mol. The largest absolute Gasteiger partial charge is 0.392 e. The number of rotatable bonds is 4. The summed E-state index contributed by atoms with van der Waals surface area (Å²) in [6.07, 6.45) is 5.28. The van der Waals surface area contributed by atoms with Crippen LogP contribution < -0.4 is 5.32 Å². The first kappa shape index (κ1) is 11.6. The molecule has 0 saturated heterocycles. The molecule has 4 nitrogen and oxygen atoms in total. The quantitative estimate of drug-likeness (QED) is 0.726. The smallest absolute Gasteiger partial charge is 0.123 e. The predicted octanol–water partition coefficient (Wildman–Crippen LogP) is 1.61. The van der Waals surface area contributed by atoms with Crippen LogP contribution in [0.4, 0.5) is 0 Å². The molecule has 90 valence electrons. The van der Waals surface area contributed by atoms with Crippen molar-refractivity contribution in [2.75, 3.05) is 0 Å². The van der Waals surface area contributed by atoms with Crippen LogP contribution in [-0.2, 0) is 0 Å². The average Bonchev–Trinajstić information content (AvgIpc) is 2.77. The van der Waals surface area contributed by atoms with Crippen molar-refractivity contribution in [3.8, 4) is 0 Å². The summed E-state index contributed by atoms with van der Waals surface area (Å²) in [5.41, 5.74) is -0.0278. The molecule has 0 amide bonds. The highest BCUT2D eigenvalue weighted by Gasteiger charge is 2.47. The summed E-state index contributed by atoms with van der Waals surface area (Å²) in [5, 5.41) is 13.3. The Kier molecular flexibility index (Phi) is 3.04. The fourth-order valence-electron chi connectivity index (χ4n) is 2.29. The van der Waals surface area contributed by atoms with E-state index in [-0.39, 0.29) is 17.6 Å². The molecule has 1 heterocycles. The zero-order valence-corrected chi connectivity index (χ0v) is 10.2. The standard InChI is InChI=1S/C12H21N3O/c1-4-8(11-13-5-6-14-11)15-9-7-10(16)12(9,2)3/h5-6,8-10,15-16H,4,7H2,1-3H3,(H,13,14). The van der Waals surface area contributed by atoms with Gasteiger partial charge >= 0.3 is 0 Å². The monoisotopic (exact) mass is 223 g/mol. The molecule has 0 aliphatic heterocycles. The topological polar surface area (TPSA) is 60.9 Å². The molecule has 1 aliphatic carbocycles. The van der Waals surface area contributed by atoms with Gasteiger partial charge in [-0.2, -0.15) is 0 Å². The lowest BCUT2D eigenvalue weighted by molar-refractivity contribution is -0.0764.